The highest BCUT2D eigenvalue weighted by Gasteiger charge is 2.29. The van der Waals surface area contributed by atoms with Crippen LogP contribution in [0.3, 0.4) is 0 Å². The molecule has 20 heavy (non-hydrogen) atoms. The molecule has 108 valence electrons. The summed E-state index contributed by atoms with van der Waals surface area (Å²) in [6.07, 6.45) is 3.43. The van der Waals surface area contributed by atoms with Gasteiger partial charge in [-0.3, -0.25) is 4.79 Å². The van der Waals surface area contributed by atoms with E-state index < -0.39 is 6.10 Å². The van der Waals surface area contributed by atoms with Crippen LogP contribution in [-0.4, -0.2) is 29.8 Å². The lowest BCUT2D eigenvalue weighted by atomic mass is 9.92. The van der Waals surface area contributed by atoms with Crippen molar-refractivity contribution in [1.29, 1.82) is 0 Å². The van der Waals surface area contributed by atoms with Crippen molar-refractivity contribution in [1.82, 2.24) is 5.32 Å². The first-order chi connectivity index (χ1) is 9.74. The Morgan fingerprint density at radius 3 is 2.75 bits per heavy atom. The van der Waals surface area contributed by atoms with Crippen molar-refractivity contribution in [3.63, 3.8) is 0 Å². The van der Waals surface area contributed by atoms with E-state index in [1.165, 1.54) is 5.56 Å². The maximum atomic E-state index is 12.4. The third kappa shape index (κ3) is 2.86. The quantitative estimate of drug-likeness (QED) is 0.864. The summed E-state index contributed by atoms with van der Waals surface area (Å²) >= 11 is 0. The molecule has 1 aliphatic carbocycles. The fraction of sp³-hybridized carbons (Fsp3) is 0.562. The van der Waals surface area contributed by atoms with Crippen LogP contribution in [0.1, 0.15) is 42.9 Å². The van der Waals surface area contributed by atoms with Crippen LogP contribution in [0.2, 0.25) is 0 Å². The average molecular weight is 275 g/mol. The van der Waals surface area contributed by atoms with Crippen molar-refractivity contribution < 1.29 is 14.6 Å². The molecule has 3 rings (SSSR count). The van der Waals surface area contributed by atoms with Crippen LogP contribution in [-0.2, 0) is 16.0 Å². The molecule has 1 heterocycles. The Balaban J connectivity index is 1.66. The van der Waals surface area contributed by atoms with Crippen molar-refractivity contribution in [3.05, 3.63) is 35.4 Å². The summed E-state index contributed by atoms with van der Waals surface area (Å²) < 4.78 is 5.67. The Bertz CT molecular complexity index is 480. The minimum absolute atomic E-state index is 0.0430. The van der Waals surface area contributed by atoms with E-state index in [-0.39, 0.29) is 18.1 Å². The zero-order valence-electron chi connectivity index (χ0n) is 11.5. The van der Waals surface area contributed by atoms with Gasteiger partial charge in [0.05, 0.1) is 12.7 Å². The van der Waals surface area contributed by atoms with Crippen LogP contribution in [0.25, 0.3) is 0 Å². The van der Waals surface area contributed by atoms with E-state index in [0.717, 1.165) is 37.7 Å². The maximum absolute atomic E-state index is 12.4. The summed E-state index contributed by atoms with van der Waals surface area (Å²) in [5.41, 5.74) is 2.20. The minimum atomic E-state index is -0.480. The molecule has 1 aromatic rings. The predicted molar refractivity (Wildman–Crippen MR) is 75.2 cm³/mol. The SMILES string of the molecule is O=C(NC1CCC(O)CC1)C1OCCc2ccccc21. The summed E-state index contributed by atoms with van der Waals surface area (Å²) in [6.45, 7) is 0.596. The number of nitrogens with one attached hydrogen (secondary N) is 1. The molecule has 4 heteroatoms. The zero-order chi connectivity index (χ0) is 13.9. The highest BCUT2D eigenvalue weighted by atomic mass is 16.5. The van der Waals surface area contributed by atoms with E-state index in [4.69, 9.17) is 4.74 Å². The smallest absolute Gasteiger partial charge is 0.253 e. The molecule has 4 nitrogen and oxygen atoms in total. The van der Waals surface area contributed by atoms with Crippen molar-refractivity contribution in [3.8, 4) is 0 Å². The normalized spacial score (nSPS) is 29.6. The van der Waals surface area contributed by atoms with Crippen LogP contribution >= 0.6 is 0 Å². The van der Waals surface area contributed by atoms with Crippen molar-refractivity contribution >= 4 is 5.91 Å². The number of ether oxygens (including phenoxy) is 1. The van der Waals surface area contributed by atoms with Gasteiger partial charge in [-0.1, -0.05) is 24.3 Å². The number of fused-ring (bicyclic) bond motifs is 1. The van der Waals surface area contributed by atoms with Gasteiger partial charge >= 0.3 is 0 Å². The number of hydrogen-bond donors (Lipinski definition) is 2. The van der Waals surface area contributed by atoms with Gasteiger partial charge in [-0.2, -0.15) is 0 Å². The first-order valence-corrected chi connectivity index (χ1v) is 7.42. The number of amides is 1. The van der Waals surface area contributed by atoms with Gasteiger partial charge < -0.3 is 15.2 Å². The van der Waals surface area contributed by atoms with E-state index in [1.54, 1.807) is 0 Å². The average Bonchev–Trinajstić information content (AvgIpc) is 2.49. The molecule has 1 atom stereocenters. The van der Waals surface area contributed by atoms with E-state index >= 15 is 0 Å². The molecule has 0 saturated heterocycles. The van der Waals surface area contributed by atoms with E-state index in [2.05, 4.69) is 11.4 Å². The summed E-state index contributed by atoms with van der Waals surface area (Å²) in [4.78, 5) is 12.4. The second-order valence-electron chi connectivity index (χ2n) is 5.71. The lowest BCUT2D eigenvalue weighted by Gasteiger charge is -2.30. The first-order valence-electron chi connectivity index (χ1n) is 7.42. The number of aliphatic hydroxyl groups excluding tert-OH is 1. The topological polar surface area (TPSA) is 58.6 Å². The van der Waals surface area contributed by atoms with Gasteiger partial charge in [0.15, 0.2) is 6.10 Å². The lowest BCUT2D eigenvalue weighted by Crippen LogP contribution is -2.42. The summed E-state index contributed by atoms with van der Waals surface area (Å²) in [5.74, 6) is -0.0430. The molecule has 1 unspecified atom stereocenters. The molecule has 1 aromatic carbocycles. The fourth-order valence-corrected chi connectivity index (χ4v) is 3.11. The number of rotatable bonds is 2. The molecule has 1 saturated carbocycles. The molecule has 2 N–H and O–H groups in total. The summed E-state index contributed by atoms with van der Waals surface area (Å²) in [5, 5.41) is 12.6. The number of aliphatic hydroxyl groups is 1. The van der Waals surface area contributed by atoms with Crippen molar-refractivity contribution in [2.45, 2.75) is 50.4 Å². The molecule has 0 spiro atoms. The van der Waals surface area contributed by atoms with Gasteiger partial charge in [0.25, 0.3) is 5.91 Å². The lowest BCUT2D eigenvalue weighted by molar-refractivity contribution is -0.135. The molecule has 2 aliphatic rings. The van der Waals surface area contributed by atoms with Crippen LogP contribution in [0, 0.1) is 0 Å². The Morgan fingerprint density at radius 1 is 1.20 bits per heavy atom. The Morgan fingerprint density at radius 2 is 1.95 bits per heavy atom. The Kier molecular flexibility index (Phi) is 4.03. The van der Waals surface area contributed by atoms with Crippen molar-refractivity contribution in [2.75, 3.05) is 6.61 Å². The Labute approximate surface area is 119 Å². The second-order valence-corrected chi connectivity index (χ2v) is 5.71. The van der Waals surface area contributed by atoms with Crippen LogP contribution < -0.4 is 5.32 Å². The summed E-state index contributed by atoms with van der Waals surface area (Å²) in [6, 6.07) is 8.16. The number of benzene rings is 1. The van der Waals surface area contributed by atoms with Gasteiger partial charge in [-0.25, -0.2) is 0 Å². The van der Waals surface area contributed by atoms with Crippen LogP contribution in [0.15, 0.2) is 24.3 Å². The number of hydrogen-bond acceptors (Lipinski definition) is 3. The van der Waals surface area contributed by atoms with Gasteiger partial charge in [0.1, 0.15) is 0 Å². The highest BCUT2D eigenvalue weighted by Crippen LogP contribution is 2.28. The monoisotopic (exact) mass is 275 g/mol. The predicted octanol–water partition coefficient (Wildman–Crippen LogP) is 1.72. The van der Waals surface area contributed by atoms with Gasteiger partial charge in [-0.05, 0) is 43.2 Å². The molecular formula is C16H21NO3. The molecule has 0 bridgehead atoms. The number of carbonyl (C=O) groups excluding carboxylic acids is 1. The summed E-state index contributed by atoms with van der Waals surface area (Å²) in [7, 11) is 0. The van der Waals surface area contributed by atoms with Gasteiger partial charge in [0.2, 0.25) is 0 Å². The minimum Gasteiger partial charge on any atom is -0.393 e. The molecule has 1 amide bonds. The second kappa shape index (κ2) is 5.94. The number of carbonyl (C=O) groups is 1. The Hall–Kier alpha value is -1.39. The molecule has 1 aliphatic heterocycles. The fourth-order valence-electron chi connectivity index (χ4n) is 3.11. The molecule has 0 aromatic heterocycles. The standard InChI is InChI=1S/C16H21NO3/c18-13-7-5-12(6-8-13)17-16(19)15-14-4-2-1-3-11(14)9-10-20-15/h1-4,12-13,15,18H,5-10H2,(H,17,19). The third-order valence-electron chi connectivity index (χ3n) is 4.27. The molecule has 0 radical (unpaired) electrons. The third-order valence-corrected chi connectivity index (χ3v) is 4.27. The zero-order valence-corrected chi connectivity index (χ0v) is 11.5. The largest absolute Gasteiger partial charge is 0.393 e. The van der Waals surface area contributed by atoms with E-state index in [0.29, 0.717) is 6.61 Å². The van der Waals surface area contributed by atoms with Crippen molar-refractivity contribution in [2.24, 2.45) is 0 Å². The van der Waals surface area contributed by atoms with Crippen LogP contribution in [0.4, 0.5) is 0 Å². The maximum Gasteiger partial charge on any atom is 0.253 e. The van der Waals surface area contributed by atoms with E-state index in [9.17, 15) is 9.90 Å². The van der Waals surface area contributed by atoms with E-state index in [1.807, 2.05) is 18.2 Å². The van der Waals surface area contributed by atoms with Crippen LogP contribution in [0.5, 0.6) is 0 Å². The van der Waals surface area contributed by atoms with Gasteiger partial charge in [0, 0.05) is 6.04 Å². The molecular weight excluding hydrogens is 254 g/mol. The molecule has 1 fully saturated rings. The first kappa shape index (κ1) is 13.6. The van der Waals surface area contributed by atoms with Gasteiger partial charge in [-0.15, -0.1) is 0 Å². The highest BCUT2D eigenvalue weighted by molar-refractivity contribution is 5.83.